The molecule has 0 spiro atoms. The molecular weight excluding hydrogens is 272 g/mol. The van der Waals surface area contributed by atoms with Crippen LogP contribution in [0.3, 0.4) is 0 Å². The first-order valence-corrected chi connectivity index (χ1v) is 6.38. The van der Waals surface area contributed by atoms with Crippen molar-refractivity contribution in [3.8, 4) is 6.07 Å². The van der Waals surface area contributed by atoms with Crippen LogP contribution in [0.2, 0.25) is 0 Å². The molecule has 4 heteroatoms. The highest BCUT2D eigenvalue weighted by Gasteiger charge is 2.03. The first-order chi connectivity index (χ1) is 7.13. The maximum Gasteiger partial charge on any atom is 0.100 e. The third-order valence-electron chi connectivity index (χ3n) is 1.86. The van der Waals surface area contributed by atoms with Crippen molar-refractivity contribution in [2.24, 2.45) is 0 Å². The molecule has 15 heavy (non-hydrogen) atoms. The molecule has 0 bridgehead atoms. The number of thioether (sulfide) groups is 1. The van der Waals surface area contributed by atoms with Gasteiger partial charge in [0.25, 0.3) is 0 Å². The quantitative estimate of drug-likeness (QED) is 0.796. The summed E-state index contributed by atoms with van der Waals surface area (Å²) in [4.78, 5) is 3.19. The lowest BCUT2D eigenvalue weighted by atomic mass is 10.2. The molecule has 0 aliphatic carbocycles. The zero-order chi connectivity index (χ0) is 11.3. The van der Waals surface area contributed by atoms with Gasteiger partial charge in [-0.1, -0.05) is 15.9 Å². The van der Waals surface area contributed by atoms with Crippen molar-refractivity contribution >= 4 is 27.7 Å². The predicted molar refractivity (Wildman–Crippen MR) is 68.1 cm³/mol. The smallest absolute Gasteiger partial charge is 0.100 e. The van der Waals surface area contributed by atoms with Crippen molar-refractivity contribution in [2.75, 3.05) is 26.4 Å². The number of benzene rings is 1. The second-order valence-electron chi connectivity index (χ2n) is 3.40. The summed E-state index contributed by atoms with van der Waals surface area (Å²) in [6.07, 6.45) is 0. The average molecular weight is 285 g/mol. The van der Waals surface area contributed by atoms with Crippen molar-refractivity contribution in [3.05, 3.63) is 28.2 Å². The fraction of sp³-hybridized carbons (Fsp3) is 0.364. The summed E-state index contributed by atoms with van der Waals surface area (Å²) in [6.45, 7) is 1.02. The summed E-state index contributed by atoms with van der Waals surface area (Å²) >= 11 is 5.08. The predicted octanol–water partition coefficient (Wildman–Crippen LogP) is 2.97. The van der Waals surface area contributed by atoms with Gasteiger partial charge in [-0.2, -0.15) is 5.26 Å². The third-order valence-corrected chi connectivity index (χ3v) is 3.41. The lowest BCUT2D eigenvalue weighted by Crippen LogP contribution is -2.14. The van der Waals surface area contributed by atoms with Crippen LogP contribution in [0.5, 0.6) is 0 Å². The topological polar surface area (TPSA) is 27.0 Å². The van der Waals surface area contributed by atoms with Gasteiger partial charge < -0.3 is 4.90 Å². The number of halogens is 1. The second kappa shape index (κ2) is 6.16. The molecule has 0 unspecified atom stereocenters. The second-order valence-corrected chi connectivity index (χ2v) is 5.46. The van der Waals surface area contributed by atoms with Gasteiger partial charge in [0.2, 0.25) is 0 Å². The number of hydrogen-bond donors (Lipinski definition) is 0. The molecule has 2 nitrogen and oxygen atoms in total. The molecule has 0 heterocycles. The van der Waals surface area contributed by atoms with Crippen molar-refractivity contribution in [1.82, 2.24) is 4.90 Å². The molecular formula is C11H13BrN2S. The largest absolute Gasteiger partial charge is 0.309 e. The minimum atomic E-state index is 0.744. The Kier molecular flexibility index (Phi) is 5.16. The normalized spacial score (nSPS) is 10.3. The first-order valence-electron chi connectivity index (χ1n) is 4.60. The van der Waals surface area contributed by atoms with Gasteiger partial charge in [-0.05, 0) is 32.3 Å². The van der Waals surface area contributed by atoms with Crippen LogP contribution in [-0.2, 0) is 0 Å². The highest BCUT2D eigenvalue weighted by molar-refractivity contribution is 9.10. The van der Waals surface area contributed by atoms with Crippen molar-refractivity contribution in [3.63, 3.8) is 0 Å². The Hall–Kier alpha value is -0.500. The zero-order valence-electron chi connectivity index (χ0n) is 8.83. The monoisotopic (exact) mass is 284 g/mol. The van der Waals surface area contributed by atoms with E-state index in [4.69, 9.17) is 5.26 Å². The minimum absolute atomic E-state index is 0.744. The summed E-state index contributed by atoms with van der Waals surface area (Å²) < 4.78 is 0.955. The van der Waals surface area contributed by atoms with Crippen LogP contribution in [-0.4, -0.2) is 31.3 Å². The molecule has 0 atom stereocenters. The van der Waals surface area contributed by atoms with E-state index in [2.05, 4.69) is 26.9 Å². The van der Waals surface area contributed by atoms with Gasteiger partial charge in [0.1, 0.15) is 6.07 Å². The van der Waals surface area contributed by atoms with Gasteiger partial charge in [0, 0.05) is 21.7 Å². The lowest BCUT2D eigenvalue weighted by Gasteiger charge is -2.09. The van der Waals surface area contributed by atoms with Gasteiger partial charge in [-0.25, -0.2) is 0 Å². The van der Waals surface area contributed by atoms with Crippen LogP contribution in [0.1, 0.15) is 5.56 Å². The van der Waals surface area contributed by atoms with E-state index in [1.807, 2.05) is 32.3 Å². The zero-order valence-corrected chi connectivity index (χ0v) is 11.2. The highest BCUT2D eigenvalue weighted by Crippen LogP contribution is 2.25. The molecule has 1 aromatic rings. The van der Waals surface area contributed by atoms with Crippen LogP contribution in [0.4, 0.5) is 0 Å². The molecule has 0 amide bonds. The van der Waals surface area contributed by atoms with E-state index in [1.54, 1.807) is 11.8 Å². The molecule has 0 fully saturated rings. The fourth-order valence-corrected chi connectivity index (χ4v) is 2.52. The molecule has 1 aromatic carbocycles. The van der Waals surface area contributed by atoms with E-state index >= 15 is 0 Å². The van der Waals surface area contributed by atoms with Crippen LogP contribution in [0.15, 0.2) is 27.6 Å². The van der Waals surface area contributed by atoms with E-state index in [1.165, 1.54) is 0 Å². The van der Waals surface area contributed by atoms with Gasteiger partial charge in [0.15, 0.2) is 0 Å². The maximum absolute atomic E-state index is 8.96. The Labute approximate surface area is 103 Å². The third kappa shape index (κ3) is 4.25. The Balaban J connectivity index is 2.65. The Morgan fingerprint density at radius 1 is 1.47 bits per heavy atom. The SMILES string of the molecule is CN(C)CCSc1ccc(Br)cc1C#N. The summed E-state index contributed by atoms with van der Waals surface area (Å²) in [5.74, 6) is 1.00. The van der Waals surface area contributed by atoms with Crippen molar-refractivity contribution < 1.29 is 0 Å². The van der Waals surface area contributed by atoms with Gasteiger partial charge >= 0.3 is 0 Å². The van der Waals surface area contributed by atoms with Gasteiger partial charge in [0.05, 0.1) is 5.56 Å². The van der Waals surface area contributed by atoms with E-state index in [0.717, 1.165) is 27.2 Å². The molecule has 1 rings (SSSR count). The maximum atomic E-state index is 8.96. The summed E-state index contributed by atoms with van der Waals surface area (Å²) in [5, 5.41) is 8.96. The molecule has 0 radical (unpaired) electrons. The van der Waals surface area contributed by atoms with Gasteiger partial charge in [-0.15, -0.1) is 11.8 Å². The average Bonchev–Trinajstić information content (AvgIpc) is 2.19. The molecule has 0 saturated heterocycles. The number of nitriles is 1. The lowest BCUT2D eigenvalue weighted by molar-refractivity contribution is 0.437. The van der Waals surface area contributed by atoms with E-state index in [0.29, 0.717) is 0 Å². The summed E-state index contributed by atoms with van der Waals surface area (Å²) in [5.41, 5.74) is 0.744. The first kappa shape index (κ1) is 12.6. The van der Waals surface area contributed by atoms with Crippen molar-refractivity contribution in [1.29, 1.82) is 5.26 Å². The van der Waals surface area contributed by atoms with Crippen molar-refractivity contribution in [2.45, 2.75) is 4.90 Å². The van der Waals surface area contributed by atoms with Crippen LogP contribution in [0, 0.1) is 11.3 Å². The van der Waals surface area contributed by atoms with Crippen LogP contribution < -0.4 is 0 Å². The molecule has 0 aliphatic rings. The van der Waals surface area contributed by atoms with E-state index < -0.39 is 0 Å². The number of nitrogens with zero attached hydrogens (tertiary/aromatic N) is 2. The van der Waals surface area contributed by atoms with E-state index in [9.17, 15) is 0 Å². The number of hydrogen-bond acceptors (Lipinski definition) is 3. The summed E-state index contributed by atoms with van der Waals surface area (Å²) in [7, 11) is 4.10. The molecule has 0 aromatic heterocycles. The van der Waals surface area contributed by atoms with Gasteiger partial charge in [-0.3, -0.25) is 0 Å². The summed E-state index contributed by atoms with van der Waals surface area (Å²) in [6, 6.07) is 8.03. The Morgan fingerprint density at radius 3 is 2.80 bits per heavy atom. The highest BCUT2D eigenvalue weighted by atomic mass is 79.9. The minimum Gasteiger partial charge on any atom is -0.309 e. The number of rotatable bonds is 4. The Bertz CT molecular complexity index is 371. The molecule has 80 valence electrons. The fourth-order valence-electron chi connectivity index (χ4n) is 1.05. The van der Waals surface area contributed by atoms with E-state index in [-0.39, 0.29) is 0 Å². The molecule has 0 aliphatic heterocycles. The molecule has 0 saturated carbocycles. The van der Waals surface area contributed by atoms with Crippen LogP contribution >= 0.6 is 27.7 Å². The Morgan fingerprint density at radius 2 is 2.20 bits per heavy atom. The standard InChI is InChI=1S/C11H13BrN2S/c1-14(2)5-6-15-11-4-3-10(12)7-9(11)8-13/h3-4,7H,5-6H2,1-2H3. The van der Waals surface area contributed by atoms with Crippen LogP contribution in [0.25, 0.3) is 0 Å². The molecule has 0 N–H and O–H groups in total.